The number of likely N-dealkylation sites (tertiary alicyclic amines) is 1. The molecule has 0 radical (unpaired) electrons. The molecule has 0 aromatic heterocycles. The fourth-order valence-electron chi connectivity index (χ4n) is 7.69. The highest BCUT2D eigenvalue weighted by atomic mass is 35.5. The van der Waals surface area contributed by atoms with Gasteiger partial charge in [-0.15, -0.1) is 12.4 Å². The van der Waals surface area contributed by atoms with E-state index in [1.165, 1.54) is 24.8 Å². The van der Waals surface area contributed by atoms with Crippen LogP contribution in [0.3, 0.4) is 0 Å². The molecule has 6 rings (SSSR count). The first-order valence-corrected chi connectivity index (χ1v) is 11.1. The molecule has 29 heavy (non-hydrogen) atoms. The number of halogens is 1. The van der Waals surface area contributed by atoms with Gasteiger partial charge in [0.1, 0.15) is 0 Å². The van der Waals surface area contributed by atoms with Crippen molar-refractivity contribution in [3.8, 4) is 0 Å². The topological polar surface area (TPSA) is 52.6 Å². The van der Waals surface area contributed by atoms with Crippen LogP contribution in [0.5, 0.6) is 0 Å². The van der Waals surface area contributed by atoms with E-state index in [0.717, 1.165) is 55.5 Å². The molecule has 1 saturated heterocycles. The highest BCUT2D eigenvalue weighted by molar-refractivity contribution is 5.96. The highest BCUT2D eigenvalue weighted by Gasteiger charge is 2.60. The second kappa shape index (κ2) is 7.25. The van der Waals surface area contributed by atoms with Crippen molar-refractivity contribution in [2.45, 2.75) is 89.3 Å². The summed E-state index contributed by atoms with van der Waals surface area (Å²) in [5.74, 6) is 1.45. The highest BCUT2D eigenvalue weighted by Crippen LogP contribution is 2.60. The van der Waals surface area contributed by atoms with Crippen LogP contribution in [0.15, 0.2) is 12.1 Å². The molecule has 5 aliphatic rings. The van der Waals surface area contributed by atoms with Gasteiger partial charge in [0.15, 0.2) is 0 Å². The monoisotopic (exact) mass is 418 g/mol. The second-order valence-corrected chi connectivity index (χ2v) is 10.5. The van der Waals surface area contributed by atoms with Gasteiger partial charge in [-0.05, 0) is 102 Å². The number of aryl methyl sites for hydroxylation is 3. The smallest absolute Gasteiger partial charge is 0.241 e. The first-order valence-electron chi connectivity index (χ1n) is 11.1. The molecule has 4 saturated carbocycles. The quantitative estimate of drug-likeness (QED) is 0.758. The first-order chi connectivity index (χ1) is 13.3. The van der Waals surface area contributed by atoms with Crippen LogP contribution in [0.1, 0.15) is 68.1 Å². The third-order valence-electron chi connectivity index (χ3n) is 8.09. The third-order valence-corrected chi connectivity index (χ3v) is 8.09. The van der Waals surface area contributed by atoms with Crippen LogP contribution in [0, 0.1) is 32.6 Å². The van der Waals surface area contributed by atoms with E-state index >= 15 is 0 Å². The molecule has 1 amide bonds. The minimum absolute atomic E-state index is 0. The molecule has 5 atom stereocenters. The van der Waals surface area contributed by atoms with Crippen molar-refractivity contribution < 1.29 is 9.90 Å². The number of carbonyl (C=O) groups excluding carboxylic acids is 1. The summed E-state index contributed by atoms with van der Waals surface area (Å²) < 4.78 is 0. The predicted octanol–water partition coefficient (Wildman–Crippen LogP) is 4.52. The zero-order valence-electron chi connectivity index (χ0n) is 18.0. The molecular formula is C24H35ClN2O2. The molecule has 5 heteroatoms. The maximum atomic E-state index is 13.4. The summed E-state index contributed by atoms with van der Waals surface area (Å²) in [7, 11) is 0. The van der Waals surface area contributed by atoms with E-state index in [1.807, 2.05) is 0 Å². The van der Waals surface area contributed by atoms with Gasteiger partial charge in [0.05, 0.1) is 11.6 Å². The maximum absolute atomic E-state index is 13.4. The Morgan fingerprint density at radius 1 is 1.10 bits per heavy atom. The number of benzene rings is 1. The van der Waals surface area contributed by atoms with Crippen LogP contribution in [0.25, 0.3) is 0 Å². The van der Waals surface area contributed by atoms with Gasteiger partial charge < -0.3 is 10.4 Å². The Balaban J connectivity index is 0.00000205. The van der Waals surface area contributed by atoms with Crippen molar-refractivity contribution in [2.24, 2.45) is 11.8 Å². The molecule has 2 N–H and O–H groups in total. The van der Waals surface area contributed by atoms with E-state index in [4.69, 9.17) is 0 Å². The number of nitrogens with one attached hydrogen (secondary N) is 1. The average molecular weight is 419 g/mol. The van der Waals surface area contributed by atoms with E-state index in [1.54, 1.807) is 0 Å². The van der Waals surface area contributed by atoms with Crippen molar-refractivity contribution >= 4 is 24.0 Å². The molecule has 4 aliphatic carbocycles. The van der Waals surface area contributed by atoms with E-state index in [-0.39, 0.29) is 29.9 Å². The fourth-order valence-corrected chi connectivity index (χ4v) is 7.69. The number of aliphatic hydroxyl groups is 1. The summed E-state index contributed by atoms with van der Waals surface area (Å²) in [6.45, 7) is 7.26. The van der Waals surface area contributed by atoms with Crippen LogP contribution in [-0.2, 0) is 4.79 Å². The molecule has 1 heterocycles. The summed E-state index contributed by atoms with van der Waals surface area (Å²) >= 11 is 0. The van der Waals surface area contributed by atoms with E-state index in [0.29, 0.717) is 11.8 Å². The molecular weight excluding hydrogens is 384 g/mol. The Morgan fingerprint density at radius 3 is 2.31 bits per heavy atom. The number of hydrogen-bond acceptors (Lipinski definition) is 3. The molecule has 1 aromatic rings. The van der Waals surface area contributed by atoms with Gasteiger partial charge >= 0.3 is 0 Å². The Hall–Kier alpha value is -1.10. The lowest BCUT2D eigenvalue weighted by molar-refractivity contribution is -0.179. The number of carbonyl (C=O) groups is 1. The minimum Gasteiger partial charge on any atom is -0.390 e. The molecule has 5 fully saturated rings. The number of hydrogen-bond donors (Lipinski definition) is 2. The second-order valence-electron chi connectivity index (χ2n) is 10.5. The number of amides is 1. The van der Waals surface area contributed by atoms with Gasteiger partial charge in [0.2, 0.25) is 5.91 Å². The normalized spacial score (nSPS) is 38.1. The fraction of sp³-hybridized carbons (Fsp3) is 0.708. The molecule has 4 bridgehead atoms. The Kier molecular flexibility index (Phi) is 5.28. The lowest BCUT2D eigenvalue weighted by Crippen LogP contribution is -2.67. The van der Waals surface area contributed by atoms with Gasteiger partial charge in [0.25, 0.3) is 0 Å². The van der Waals surface area contributed by atoms with Gasteiger partial charge in [-0.1, -0.05) is 17.7 Å². The standard InChI is InChI=1S/C24H34N2O2.ClH/c1-15-7-16(2)21(17(3)8-15)25-22(27)20-5-4-6-26(20)23-10-18-9-19(11-23)13-24(28,12-18)14-23;/h7-8,18-20,28H,4-6,9-14H2,1-3H3,(H,25,27);1H/t18-,19+,20?,23?,24?;. The summed E-state index contributed by atoms with van der Waals surface area (Å²) in [5, 5.41) is 14.4. The Labute approximate surface area is 180 Å². The molecule has 160 valence electrons. The number of nitrogens with zero attached hydrogens (tertiary/aromatic N) is 1. The average Bonchev–Trinajstić information content (AvgIpc) is 3.06. The van der Waals surface area contributed by atoms with Gasteiger partial charge in [0, 0.05) is 11.2 Å². The van der Waals surface area contributed by atoms with E-state index in [9.17, 15) is 9.90 Å². The predicted molar refractivity (Wildman–Crippen MR) is 119 cm³/mol. The van der Waals surface area contributed by atoms with Crippen LogP contribution in [0.2, 0.25) is 0 Å². The molecule has 1 aliphatic heterocycles. The zero-order chi connectivity index (χ0) is 19.7. The SMILES string of the molecule is Cc1cc(C)c(NC(=O)C2CCCN2C23C[C@@H]4C[C@@H](CC(O)(C4)C2)C3)c(C)c1.Cl. The molecule has 4 nitrogen and oxygen atoms in total. The third kappa shape index (κ3) is 3.51. The van der Waals surface area contributed by atoms with E-state index in [2.05, 4.69) is 43.1 Å². The summed E-state index contributed by atoms with van der Waals surface area (Å²) in [6, 6.07) is 4.23. The Bertz CT molecular complexity index is 786. The van der Waals surface area contributed by atoms with E-state index < -0.39 is 5.60 Å². The summed E-state index contributed by atoms with van der Waals surface area (Å²) in [4.78, 5) is 15.9. The Morgan fingerprint density at radius 2 is 1.72 bits per heavy atom. The van der Waals surface area contributed by atoms with Crippen LogP contribution in [0.4, 0.5) is 5.69 Å². The summed E-state index contributed by atoms with van der Waals surface area (Å²) in [5.41, 5.74) is 4.06. The largest absolute Gasteiger partial charge is 0.390 e. The van der Waals surface area contributed by atoms with Crippen LogP contribution >= 0.6 is 12.4 Å². The van der Waals surface area contributed by atoms with Crippen molar-refractivity contribution in [1.29, 1.82) is 0 Å². The van der Waals surface area contributed by atoms with Crippen molar-refractivity contribution in [3.05, 3.63) is 28.8 Å². The van der Waals surface area contributed by atoms with Gasteiger partial charge in [-0.3, -0.25) is 9.69 Å². The van der Waals surface area contributed by atoms with Crippen molar-refractivity contribution in [3.63, 3.8) is 0 Å². The number of rotatable bonds is 3. The van der Waals surface area contributed by atoms with Crippen molar-refractivity contribution in [1.82, 2.24) is 4.90 Å². The zero-order valence-corrected chi connectivity index (χ0v) is 18.8. The van der Waals surface area contributed by atoms with Crippen LogP contribution < -0.4 is 5.32 Å². The van der Waals surface area contributed by atoms with Gasteiger partial charge in [-0.25, -0.2) is 0 Å². The minimum atomic E-state index is -0.474. The molecule has 0 spiro atoms. The van der Waals surface area contributed by atoms with Gasteiger partial charge in [-0.2, -0.15) is 0 Å². The number of anilines is 1. The first kappa shape index (κ1) is 21.1. The summed E-state index contributed by atoms with van der Waals surface area (Å²) in [6.07, 6.45) is 8.51. The van der Waals surface area contributed by atoms with Crippen molar-refractivity contribution in [2.75, 3.05) is 11.9 Å². The maximum Gasteiger partial charge on any atom is 0.241 e. The lowest BCUT2D eigenvalue weighted by atomic mass is 9.50. The lowest BCUT2D eigenvalue weighted by Gasteiger charge is -2.63. The van der Waals surface area contributed by atoms with Crippen LogP contribution in [-0.4, -0.2) is 39.6 Å². The molecule has 3 unspecified atom stereocenters. The molecule has 1 aromatic carbocycles.